The average Bonchev–Trinajstić information content (AvgIpc) is 2.32. The molecule has 0 aliphatic rings. The van der Waals surface area contributed by atoms with E-state index in [1.165, 1.54) is 0 Å². The van der Waals surface area contributed by atoms with Gasteiger partial charge in [-0.15, -0.1) is 0 Å². The van der Waals surface area contributed by atoms with Crippen LogP contribution in [0.2, 0.25) is 5.02 Å². The minimum Gasteiger partial charge on any atom is -0.386 e. The second-order valence-electron chi connectivity index (χ2n) is 4.34. The largest absolute Gasteiger partial charge is 0.386 e. The van der Waals surface area contributed by atoms with Gasteiger partial charge in [0.25, 0.3) is 0 Å². The van der Waals surface area contributed by atoms with Crippen molar-refractivity contribution >= 4 is 43.5 Å². The van der Waals surface area contributed by atoms with Gasteiger partial charge in [0.1, 0.15) is 6.10 Å². The number of aryl methyl sites for hydroxylation is 1. The van der Waals surface area contributed by atoms with Gasteiger partial charge in [-0.1, -0.05) is 23.7 Å². The molecular weight excluding hydrogens is 393 g/mol. The molecule has 0 amide bonds. The zero-order valence-corrected chi connectivity index (χ0v) is 14.1. The second kappa shape index (κ2) is 6.35. The van der Waals surface area contributed by atoms with Crippen LogP contribution in [-0.4, -0.2) is 10.1 Å². The summed E-state index contributed by atoms with van der Waals surface area (Å²) in [6.07, 6.45) is 1.41. The maximum atomic E-state index is 10.3. The first-order chi connectivity index (χ1) is 8.97. The highest BCUT2D eigenvalue weighted by Crippen LogP contribution is 2.28. The highest BCUT2D eigenvalue weighted by Gasteiger charge is 2.15. The van der Waals surface area contributed by atoms with E-state index >= 15 is 0 Å². The zero-order chi connectivity index (χ0) is 14.0. The number of pyridine rings is 1. The summed E-state index contributed by atoms with van der Waals surface area (Å²) in [5.74, 6) is 0. The number of aliphatic hydroxyl groups is 1. The van der Waals surface area contributed by atoms with Gasteiger partial charge in [-0.2, -0.15) is 0 Å². The molecule has 1 atom stereocenters. The van der Waals surface area contributed by atoms with E-state index in [1.807, 2.05) is 31.2 Å². The number of benzene rings is 1. The van der Waals surface area contributed by atoms with Crippen LogP contribution in [0.5, 0.6) is 0 Å². The second-order valence-corrected chi connectivity index (χ2v) is 6.51. The number of hydrogen-bond acceptors (Lipinski definition) is 2. The molecular formula is C14H12Br2ClNO. The van der Waals surface area contributed by atoms with Crippen LogP contribution < -0.4 is 0 Å². The number of aliphatic hydroxyl groups excluding tert-OH is 1. The lowest BCUT2D eigenvalue weighted by atomic mass is 10.0. The Morgan fingerprint density at radius 2 is 2.05 bits per heavy atom. The van der Waals surface area contributed by atoms with Crippen LogP contribution in [0.3, 0.4) is 0 Å². The van der Waals surface area contributed by atoms with Crippen molar-refractivity contribution in [3.63, 3.8) is 0 Å². The Hall–Kier alpha value is -0.420. The topological polar surface area (TPSA) is 33.1 Å². The number of hydrogen-bond donors (Lipinski definition) is 1. The third kappa shape index (κ3) is 3.78. The van der Waals surface area contributed by atoms with Gasteiger partial charge in [-0.3, -0.25) is 4.98 Å². The fourth-order valence-corrected chi connectivity index (χ4v) is 3.36. The summed E-state index contributed by atoms with van der Waals surface area (Å²) in [6, 6.07) is 7.68. The summed E-state index contributed by atoms with van der Waals surface area (Å²) in [5, 5.41) is 10.9. The van der Waals surface area contributed by atoms with Crippen molar-refractivity contribution in [2.75, 3.05) is 0 Å². The van der Waals surface area contributed by atoms with E-state index in [4.69, 9.17) is 11.6 Å². The number of halogens is 3. The van der Waals surface area contributed by atoms with E-state index in [-0.39, 0.29) is 0 Å². The van der Waals surface area contributed by atoms with Gasteiger partial charge in [-0.05, 0) is 62.0 Å². The summed E-state index contributed by atoms with van der Waals surface area (Å²) in [5.41, 5.74) is 2.63. The summed E-state index contributed by atoms with van der Waals surface area (Å²) < 4.78 is 1.64. The maximum absolute atomic E-state index is 10.3. The van der Waals surface area contributed by atoms with Crippen molar-refractivity contribution in [2.45, 2.75) is 19.4 Å². The molecule has 1 unspecified atom stereocenters. The Kier molecular flexibility index (Phi) is 5.01. The van der Waals surface area contributed by atoms with Crippen LogP contribution in [0.15, 0.2) is 39.4 Å². The van der Waals surface area contributed by atoms with Crippen LogP contribution in [0, 0.1) is 6.92 Å². The molecule has 1 aromatic carbocycles. The quantitative estimate of drug-likeness (QED) is 0.792. The SMILES string of the molecule is Cc1ccc(CC(O)c2ncc(Br)cc2Br)c(Cl)c1. The summed E-state index contributed by atoms with van der Waals surface area (Å²) in [6.45, 7) is 1.99. The van der Waals surface area contributed by atoms with Crippen molar-refractivity contribution in [1.29, 1.82) is 0 Å². The molecule has 0 saturated heterocycles. The Morgan fingerprint density at radius 3 is 2.68 bits per heavy atom. The predicted molar refractivity (Wildman–Crippen MR) is 84.5 cm³/mol. The molecule has 0 radical (unpaired) electrons. The Balaban J connectivity index is 2.23. The predicted octanol–water partition coefficient (Wildman–Crippen LogP) is 4.84. The standard InChI is InChI=1S/C14H12Br2ClNO/c1-8-2-3-9(12(17)4-8)5-13(19)14-11(16)6-10(15)7-18-14/h2-4,6-7,13,19H,5H2,1H3. The smallest absolute Gasteiger partial charge is 0.101 e. The average molecular weight is 406 g/mol. The molecule has 0 aliphatic heterocycles. The number of rotatable bonds is 3. The van der Waals surface area contributed by atoms with Crippen LogP contribution in [0.25, 0.3) is 0 Å². The lowest BCUT2D eigenvalue weighted by molar-refractivity contribution is 0.173. The van der Waals surface area contributed by atoms with Crippen molar-refractivity contribution in [1.82, 2.24) is 4.98 Å². The first-order valence-corrected chi connectivity index (χ1v) is 7.68. The van der Waals surface area contributed by atoms with Crippen LogP contribution >= 0.6 is 43.5 Å². The van der Waals surface area contributed by atoms with Gasteiger partial charge in [-0.25, -0.2) is 0 Å². The van der Waals surface area contributed by atoms with Gasteiger partial charge in [0.2, 0.25) is 0 Å². The van der Waals surface area contributed by atoms with Crippen LogP contribution in [0.1, 0.15) is 22.9 Å². The van der Waals surface area contributed by atoms with E-state index in [2.05, 4.69) is 36.8 Å². The molecule has 2 nitrogen and oxygen atoms in total. The van der Waals surface area contributed by atoms with Crippen molar-refractivity contribution in [3.05, 3.63) is 61.3 Å². The normalized spacial score (nSPS) is 12.5. The monoisotopic (exact) mass is 403 g/mol. The highest BCUT2D eigenvalue weighted by molar-refractivity contribution is 9.11. The fraction of sp³-hybridized carbons (Fsp3) is 0.214. The van der Waals surface area contributed by atoms with Crippen LogP contribution in [-0.2, 0) is 6.42 Å². The molecule has 0 saturated carbocycles. The highest BCUT2D eigenvalue weighted by atomic mass is 79.9. The van der Waals surface area contributed by atoms with Gasteiger partial charge in [0.15, 0.2) is 0 Å². The molecule has 0 fully saturated rings. The first-order valence-electron chi connectivity index (χ1n) is 5.71. The van der Waals surface area contributed by atoms with Crippen LogP contribution in [0.4, 0.5) is 0 Å². The summed E-state index contributed by atoms with van der Waals surface area (Å²) in [4.78, 5) is 4.23. The molecule has 1 N–H and O–H groups in total. The van der Waals surface area contributed by atoms with E-state index in [1.54, 1.807) is 6.20 Å². The zero-order valence-electron chi connectivity index (χ0n) is 10.2. The molecule has 0 spiro atoms. The van der Waals surface area contributed by atoms with E-state index < -0.39 is 6.10 Å². The molecule has 0 aliphatic carbocycles. The van der Waals surface area contributed by atoms with Gasteiger partial charge < -0.3 is 5.11 Å². The van der Waals surface area contributed by atoms with Crippen molar-refractivity contribution in [2.24, 2.45) is 0 Å². The lowest BCUT2D eigenvalue weighted by Gasteiger charge is -2.13. The maximum Gasteiger partial charge on any atom is 0.101 e. The Labute approximate surface area is 134 Å². The van der Waals surface area contributed by atoms with E-state index in [0.29, 0.717) is 17.1 Å². The van der Waals surface area contributed by atoms with Gasteiger partial charge >= 0.3 is 0 Å². The number of aromatic nitrogens is 1. The minimum atomic E-state index is -0.692. The summed E-state index contributed by atoms with van der Waals surface area (Å²) >= 11 is 12.9. The third-order valence-corrected chi connectivity index (χ3v) is 4.19. The molecule has 1 aromatic heterocycles. The lowest BCUT2D eigenvalue weighted by Crippen LogP contribution is -2.05. The molecule has 1 heterocycles. The molecule has 2 aromatic rings. The van der Waals surface area contributed by atoms with E-state index in [9.17, 15) is 5.11 Å². The Bertz CT molecular complexity index is 604. The van der Waals surface area contributed by atoms with E-state index in [0.717, 1.165) is 20.1 Å². The molecule has 2 rings (SSSR count). The molecule has 19 heavy (non-hydrogen) atoms. The Morgan fingerprint density at radius 1 is 1.32 bits per heavy atom. The summed E-state index contributed by atoms with van der Waals surface area (Å²) in [7, 11) is 0. The van der Waals surface area contributed by atoms with Crippen molar-refractivity contribution < 1.29 is 5.11 Å². The van der Waals surface area contributed by atoms with Gasteiger partial charge in [0, 0.05) is 26.6 Å². The van der Waals surface area contributed by atoms with Gasteiger partial charge in [0.05, 0.1) is 5.69 Å². The minimum absolute atomic E-state index is 0.437. The molecule has 5 heteroatoms. The van der Waals surface area contributed by atoms with Crippen molar-refractivity contribution in [3.8, 4) is 0 Å². The third-order valence-electron chi connectivity index (χ3n) is 2.77. The first kappa shape index (κ1) is 15.0. The fourth-order valence-electron chi connectivity index (χ4n) is 1.79. The molecule has 0 bridgehead atoms. The molecule has 100 valence electrons. The number of nitrogens with zero attached hydrogens (tertiary/aromatic N) is 1.